The van der Waals surface area contributed by atoms with Crippen LogP contribution in [0.15, 0.2) is 0 Å². The molecule has 1 fully saturated rings. The maximum absolute atomic E-state index is 9.45. The fourth-order valence-electron chi connectivity index (χ4n) is 1.29. The quantitative estimate of drug-likeness (QED) is 0.280. The third-order valence-electron chi connectivity index (χ3n) is 2.24. The Balaban J connectivity index is 2.63. The zero-order valence-corrected chi connectivity index (χ0v) is 7.69. The zero-order valence-electron chi connectivity index (χ0n) is 6.79. The molecule has 12 heavy (non-hydrogen) atoms. The molecule has 1 aliphatic rings. The second-order valence-corrected chi connectivity index (χ2v) is 3.60. The molecule has 3 N–H and O–H groups in total. The van der Waals surface area contributed by atoms with Gasteiger partial charge in [-0.15, -0.1) is 12.6 Å². The average molecular weight is 192 g/mol. The first-order valence-electron chi connectivity index (χ1n) is 3.88. The number of aliphatic hydroxyl groups excluding tert-OH is 3. The normalized spacial score (nSPS) is 49.2. The smallest absolute Gasteiger partial charge is 0.126 e. The van der Waals surface area contributed by atoms with Gasteiger partial charge >= 0.3 is 0 Å². The average Bonchev–Trinajstić information content (AvgIpc) is 2.08. The molecular formula is C6H13BO4S. The summed E-state index contributed by atoms with van der Waals surface area (Å²) in [5.41, 5.74) is -0.624. The van der Waals surface area contributed by atoms with Gasteiger partial charge in [0, 0.05) is 0 Å². The molecule has 0 aliphatic carbocycles. The first-order valence-corrected chi connectivity index (χ1v) is 4.40. The lowest BCUT2D eigenvalue weighted by atomic mass is 9.75. The van der Waals surface area contributed by atoms with Crippen LogP contribution in [0.3, 0.4) is 0 Å². The molecule has 0 radical (unpaired) electrons. The Morgan fingerprint density at radius 1 is 1.33 bits per heavy atom. The maximum atomic E-state index is 9.45. The zero-order chi connectivity index (χ0) is 9.30. The highest BCUT2D eigenvalue weighted by molar-refractivity contribution is 7.80. The molecule has 4 nitrogen and oxygen atoms in total. The lowest BCUT2D eigenvalue weighted by Crippen LogP contribution is -2.50. The van der Waals surface area contributed by atoms with Gasteiger partial charge in [-0.1, -0.05) is 0 Å². The van der Waals surface area contributed by atoms with Crippen molar-refractivity contribution in [2.45, 2.75) is 29.6 Å². The summed E-state index contributed by atoms with van der Waals surface area (Å²) >= 11 is 3.97. The van der Waals surface area contributed by atoms with E-state index in [-0.39, 0.29) is 12.4 Å². The van der Waals surface area contributed by atoms with E-state index in [0.717, 1.165) is 0 Å². The van der Waals surface area contributed by atoms with Crippen LogP contribution in [0.5, 0.6) is 0 Å². The third kappa shape index (κ3) is 1.77. The molecular weight excluding hydrogens is 179 g/mol. The standard InChI is InChI=1S/C6H13BO4S/c7-3-4(9)2(1-8)11-6(12)5(3)10/h2-6,8-10,12H,1,7H2/t2?,3?,4-,5?,6-/m0/s1. The number of hydrogen-bond donors (Lipinski definition) is 4. The van der Waals surface area contributed by atoms with E-state index < -0.39 is 23.7 Å². The molecule has 1 saturated heterocycles. The Labute approximate surface area is 77.4 Å². The molecule has 3 unspecified atom stereocenters. The van der Waals surface area contributed by atoms with Gasteiger partial charge in [0.05, 0.1) is 18.8 Å². The van der Waals surface area contributed by atoms with Crippen LogP contribution in [-0.2, 0) is 4.74 Å². The molecule has 1 aliphatic heterocycles. The van der Waals surface area contributed by atoms with Crippen LogP contribution < -0.4 is 0 Å². The van der Waals surface area contributed by atoms with Crippen LogP contribution in [0.4, 0.5) is 0 Å². The summed E-state index contributed by atoms with van der Waals surface area (Å²) in [5.74, 6) is -0.321. The summed E-state index contributed by atoms with van der Waals surface area (Å²) in [7, 11) is 1.70. The molecule has 70 valence electrons. The molecule has 0 amide bonds. The van der Waals surface area contributed by atoms with E-state index in [0.29, 0.717) is 0 Å². The van der Waals surface area contributed by atoms with Crippen molar-refractivity contribution in [1.82, 2.24) is 0 Å². The van der Waals surface area contributed by atoms with Crippen molar-refractivity contribution < 1.29 is 20.1 Å². The van der Waals surface area contributed by atoms with Crippen molar-refractivity contribution in [3.05, 3.63) is 0 Å². The molecule has 0 bridgehead atoms. The van der Waals surface area contributed by atoms with Crippen LogP contribution in [0, 0.1) is 0 Å². The first-order chi connectivity index (χ1) is 5.57. The van der Waals surface area contributed by atoms with Gasteiger partial charge in [0.1, 0.15) is 19.4 Å². The van der Waals surface area contributed by atoms with Crippen LogP contribution in [-0.4, -0.2) is 53.5 Å². The van der Waals surface area contributed by atoms with E-state index >= 15 is 0 Å². The Morgan fingerprint density at radius 2 is 1.92 bits per heavy atom. The first kappa shape index (κ1) is 10.3. The van der Waals surface area contributed by atoms with Crippen LogP contribution >= 0.6 is 12.6 Å². The van der Waals surface area contributed by atoms with Gasteiger partial charge in [0.15, 0.2) is 0 Å². The Morgan fingerprint density at radius 3 is 2.42 bits per heavy atom. The Kier molecular flexibility index (Phi) is 3.42. The summed E-state index contributed by atoms with van der Waals surface area (Å²) in [6, 6.07) is 0. The van der Waals surface area contributed by atoms with Gasteiger partial charge in [-0.2, -0.15) is 0 Å². The van der Waals surface area contributed by atoms with Crippen LogP contribution in [0.25, 0.3) is 0 Å². The van der Waals surface area contributed by atoms with Gasteiger partial charge in [-0.05, 0) is 5.82 Å². The Hall–Kier alpha value is 0.255. The van der Waals surface area contributed by atoms with E-state index in [1.165, 1.54) is 0 Å². The highest BCUT2D eigenvalue weighted by Gasteiger charge is 2.39. The number of rotatable bonds is 1. The van der Waals surface area contributed by atoms with Crippen molar-refractivity contribution in [3.63, 3.8) is 0 Å². The summed E-state index contributed by atoms with van der Waals surface area (Å²) in [6.07, 6.45) is -2.24. The van der Waals surface area contributed by atoms with E-state index in [4.69, 9.17) is 9.84 Å². The maximum Gasteiger partial charge on any atom is 0.126 e. The monoisotopic (exact) mass is 192 g/mol. The molecule has 1 heterocycles. The fraction of sp³-hybridized carbons (Fsp3) is 1.00. The van der Waals surface area contributed by atoms with Crippen molar-refractivity contribution in [1.29, 1.82) is 0 Å². The summed E-state index contributed by atoms with van der Waals surface area (Å²) in [6.45, 7) is -0.255. The molecule has 6 heteroatoms. The second-order valence-electron chi connectivity index (χ2n) is 3.09. The largest absolute Gasteiger partial charge is 0.394 e. The SMILES string of the molecule is BC1C(O)[C@H](S)OC(CO)[C@@H]1O. The van der Waals surface area contributed by atoms with E-state index in [1.54, 1.807) is 7.85 Å². The molecule has 0 aromatic rings. The minimum Gasteiger partial charge on any atom is -0.394 e. The number of ether oxygens (including phenoxy) is 1. The van der Waals surface area contributed by atoms with Crippen molar-refractivity contribution >= 4 is 20.5 Å². The molecule has 0 saturated carbocycles. The lowest BCUT2D eigenvalue weighted by Gasteiger charge is -2.39. The van der Waals surface area contributed by atoms with Gasteiger partial charge in [-0.25, -0.2) is 0 Å². The van der Waals surface area contributed by atoms with E-state index in [2.05, 4.69) is 12.6 Å². The minimum atomic E-state index is -0.826. The van der Waals surface area contributed by atoms with Crippen molar-refractivity contribution in [2.75, 3.05) is 6.61 Å². The van der Waals surface area contributed by atoms with Gasteiger partial charge in [0.25, 0.3) is 0 Å². The topological polar surface area (TPSA) is 69.9 Å². The molecule has 0 spiro atoms. The highest BCUT2D eigenvalue weighted by atomic mass is 32.1. The second kappa shape index (κ2) is 3.98. The Bertz CT molecular complexity index is 154. The minimum absolute atomic E-state index is 0.255. The molecule has 0 aromatic carbocycles. The summed E-state index contributed by atoms with van der Waals surface area (Å²) in [4.78, 5) is 0. The molecule has 1 rings (SSSR count). The number of aliphatic hydroxyl groups is 3. The van der Waals surface area contributed by atoms with Gasteiger partial charge in [-0.3, -0.25) is 0 Å². The van der Waals surface area contributed by atoms with Crippen molar-refractivity contribution in [2.24, 2.45) is 0 Å². The summed E-state index contributed by atoms with van der Waals surface area (Å²) in [5, 5.41) is 27.6. The predicted octanol–water partition coefficient (Wildman–Crippen LogP) is -2.22. The predicted molar refractivity (Wildman–Crippen MR) is 49.0 cm³/mol. The third-order valence-corrected chi connectivity index (χ3v) is 2.67. The van der Waals surface area contributed by atoms with Crippen molar-refractivity contribution in [3.8, 4) is 0 Å². The number of thiol groups is 1. The lowest BCUT2D eigenvalue weighted by molar-refractivity contribution is -0.148. The van der Waals surface area contributed by atoms with Crippen LogP contribution in [0.2, 0.25) is 5.82 Å². The van der Waals surface area contributed by atoms with E-state index in [9.17, 15) is 10.2 Å². The summed E-state index contributed by atoms with van der Waals surface area (Å²) < 4.78 is 5.04. The van der Waals surface area contributed by atoms with Gasteiger partial charge < -0.3 is 20.1 Å². The molecule has 5 atom stereocenters. The van der Waals surface area contributed by atoms with E-state index in [1.807, 2.05) is 0 Å². The number of hydrogen-bond acceptors (Lipinski definition) is 5. The molecule has 0 aromatic heterocycles. The van der Waals surface area contributed by atoms with Crippen LogP contribution in [0.1, 0.15) is 0 Å². The van der Waals surface area contributed by atoms with Gasteiger partial charge in [0.2, 0.25) is 0 Å². The highest BCUT2D eigenvalue weighted by Crippen LogP contribution is 2.29. The fourth-order valence-corrected chi connectivity index (χ4v) is 1.72.